The van der Waals surface area contributed by atoms with E-state index in [0.717, 1.165) is 5.56 Å². The van der Waals surface area contributed by atoms with E-state index in [1.165, 1.54) is 12.1 Å². The first kappa shape index (κ1) is 20.7. The first-order chi connectivity index (χ1) is 15.1. The Balaban J connectivity index is 1.61. The number of nitrogens with zero attached hydrogens (tertiary/aromatic N) is 4. The van der Waals surface area contributed by atoms with Crippen molar-refractivity contribution in [2.45, 2.75) is 13.0 Å². The molecule has 1 fully saturated rings. The molecule has 1 aromatic carbocycles. The second-order valence-corrected chi connectivity index (χ2v) is 7.16. The Labute approximate surface area is 179 Å². The third-order valence-corrected chi connectivity index (χ3v) is 4.92. The van der Waals surface area contributed by atoms with Gasteiger partial charge in [0.2, 0.25) is 0 Å². The third-order valence-electron chi connectivity index (χ3n) is 4.92. The van der Waals surface area contributed by atoms with Gasteiger partial charge >= 0.3 is 0 Å². The van der Waals surface area contributed by atoms with Crippen LogP contribution in [-0.4, -0.2) is 52.1 Å². The van der Waals surface area contributed by atoms with Crippen LogP contribution in [0.15, 0.2) is 55.0 Å². The summed E-state index contributed by atoms with van der Waals surface area (Å²) in [5, 5.41) is 6.39. The van der Waals surface area contributed by atoms with E-state index in [-0.39, 0.29) is 17.8 Å². The van der Waals surface area contributed by atoms with Crippen LogP contribution in [0.4, 0.5) is 21.8 Å². The molecule has 3 heterocycles. The van der Waals surface area contributed by atoms with Crippen molar-refractivity contribution in [1.82, 2.24) is 19.9 Å². The van der Waals surface area contributed by atoms with Crippen molar-refractivity contribution in [1.29, 1.82) is 0 Å². The summed E-state index contributed by atoms with van der Waals surface area (Å²) in [5.41, 5.74) is 1.40. The van der Waals surface area contributed by atoms with Crippen molar-refractivity contribution in [3.63, 3.8) is 0 Å². The number of amides is 1. The van der Waals surface area contributed by atoms with Crippen LogP contribution in [0, 0.1) is 5.82 Å². The van der Waals surface area contributed by atoms with Crippen LogP contribution in [0.3, 0.4) is 0 Å². The lowest BCUT2D eigenvalue weighted by Crippen LogP contribution is -2.40. The topological polar surface area (TPSA) is 92.3 Å². The fraction of sp³-hybridized carbons (Fsp3) is 0.273. The lowest BCUT2D eigenvalue weighted by molar-refractivity contribution is 0.0303. The highest BCUT2D eigenvalue weighted by molar-refractivity contribution is 5.96. The van der Waals surface area contributed by atoms with E-state index in [9.17, 15) is 9.18 Å². The number of nitrogens with one attached hydrogen (secondary N) is 2. The van der Waals surface area contributed by atoms with Crippen LogP contribution < -0.4 is 10.6 Å². The summed E-state index contributed by atoms with van der Waals surface area (Å²) < 4.78 is 18.6. The van der Waals surface area contributed by atoms with Crippen molar-refractivity contribution < 1.29 is 13.9 Å². The number of halogens is 1. The maximum Gasteiger partial charge on any atom is 0.254 e. The van der Waals surface area contributed by atoms with Crippen molar-refractivity contribution in [2.24, 2.45) is 0 Å². The van der Waals surface area contributed by atoms with Gasteiger partial charge in [-0.1, -0.05) is 12.1 Å². The van der Waals surface area contributed by atoms with Gasteiger partial charge in [0.25, 0.3) is 5.91 Å². The summed E-state index contributed by atoms with van der Waals surface area (Å²) in [6.07, 6.45) is 4.72. The highest BCUT2D eigenvalue weighted by Crippen LogP contribution is 2.23. The Bertz CT molecular complexity index is 1030. The normalized spacial score (nSPS) is 14.7. The maximum absolute atomic E-state index is 13.3. The molecule has 0 bridgehead atoms. The molecule has 0 spiro atoms. The number of benzene rings is 1. The van der Waals surface area contributed by atoms with E-state index in [1.807, 2.05) is 6.92 Å². The predicted molar refractivity (Wildman–Crippen MR) is 115 cm³/mol. The Morgan fingerprint density at radius 1 is 1.10 bits per heavy atom. The standard InChI is InChI=1S/C22H23FN6O2/c1-15(16-2-4-18(23)5-3-16)26-19-12-17(22(30)29-8-10-31-11-9-29)13-20(27-19)28-21-14-24-6-7-25-21/h2-7,12-15H,8-11H2,1H3,(H2,25,26,27,28)/t15-/m0/s1. The Hall–Kier alpha value is -3.59. The molecule has 1 amide bonds. The van der Waals surface area contributed by atoms with Gasteiger partial charge in [-0.2, -0.15) is 0 Å². The monoisotopic (exact) mass is 422 g/mol. The molecule has 9 heteroatoms. The molecule has 2 aromatic heterocycles. The SMILES string of the molecule is C[C@H](Nc1cc(C(=O)N2CCOCC2)cc(Nc2cnccn2)n1)c1ccc(F)cc1. The Morgan fingerprint density at radius 2 is 1.84 bits per heavy atom. The predicted octanol–water partition coefficient (Wildman–Crippen LogP) is 3.40. The Morgan fingerprint density at radius 3 is 2.55 bits per heavy atom. The summed E-state index contributed by atoms with van der Waals surface area (Å²) >= 11 is 0. The first-order valence-corrected chi connectivity index (χ1v) is 10.0. The zero-order chi connectivity index (χ0) is 21.6. The summed E-state index contributed by atoms with van der Waals surface area (Å²) in [7, 11) is 0. The molecular formula is C22H23FN6O2. The molecule has 0 saturated carbocycles. The molecule has 1 aliphatic heterocycles. The number of ether oxygens (including phenoxy) is 1. The minimum absolute atomic E-state index is 0.0922. The number of carbonyl (C=O) groups is 1. The molecule has 160 valence electrons. The van der Waals surface area contributed by atoms with E-state index >= 15 is 0 Å². The van der Waals surface area contributed by atoms with Crippen LogP contribution in [0.5, 0.6) is 0 Å². The number of morpholine rings is 1. The highest BCUT2D eigenvalue weighted by Gasteiger charge is 2.20. The highest BCUT2D eigenvalue weighted by atomic mass is 19.1. The lowest BCUT2D eigenvalue weighted by Gasteiger charge is -2.27. The van der Waals surface area contributed by atoms with Gasteiger partial charge in [0.05, 0.1) is 19.4 Å². The smallest absolute Gasteiger partial charge is 0.254 e. The van der Waals surface area contributed by atoms with Crippen LogP contribution in [-0.2, 0) is 4.74 Å². The Kier molecular flexibility index (Phi) is 6.32. The molecule has 8 nitrogen and oxygen atoms in total. The van der Waals surface area contributed by atoms with E-state index in [4.69, 9.17) is 4.74 Å². The summed E-state index contributed by atoms with van der Waals surface area (Å²) in [6.45, 7) is 4.08. The van der Waals surface area contributed by atoms with Gasteiger partial charge in [0.1, 0.15) is 23.3 Å². The van der Waals surface area contributed by atoms with E-state index in [1.54, 1.807) is 47.8 Å². The number of hydrogen-bond donors (Lipinski definition) is 2. The van der Waals surface area contributed by atoms with Crippen molar-refractivity contribution in [3.05, 3.63) is 71.9 Å². The molecule has 31 heavy (non-hydrogen) atoms. The summed E-state index contributed by atoms with van der Waals surface area (Å²) in [5.74, 6) is 1.12. The zero-order valence-electron chi connectivity index (χ0n) is 17.1. The quantitative estimate of drug-likeness (QED) is 0.629. The molecule has 3 aromatic rings. The fourth-order valence-corrected chi connectivity index (χ4v) is 3.29. The average Bonchev–Trinajstić information content (AvgIpc) is 2.80. The van der Waals surface area contributed by atoms with Gasteiger partial charge < -0.3 is 20.3 Å². The van der Waals surface area contributed by atoms with Crippen LogP contribution in [0.2, 0.25) is 0 Å². The fourth-order valence-electron chi connectivity index (χ4n) is 3.29. The van der Waals surface area contributed by atoms with Gasteiger partial charge in [-0.05, 0) is 36.8 Å². The van der Waals surface area contributed by atoms with Crippen LogP contribution >= 0.6 is 0 Å². The minimum atomic E-state index is -0.289. The molecule has 1 atom stereocenters. The number of hydrogen-bond acceptors (Lipinski definition) is 7. The second-order valence-electron chi connectivity index (χ2n) is 7.16. The largest absolute Gasteiger partial charge is 0.378 e. The number of pyridine rings is 1. The minimum Gasteiger partial charge on any atom is -0.378 e. The summed E-state index contributed by atoms with van der Waals surface area (Å²) in [4.78, 5) is 27.7. The van der Waals surface area contributed by atoms with Crippen molar-refractivity contribution in [3.8, 4) is 0 Å². The summed E-state index contributed by atoms with van der Waals surface area (Å²) in [6, 6.07) is 9.54. The number of rotatable bonds is 6. The molecule has 2 N–H and O–H groups in total. The van der Waals surface area contributed by atoms with E-state index < -0.39 is 0 Å². The molecular weight excluding hydrogens is 399 g/mol. The van der Waals surface area contributed by atoms with Gasteiger partial charge in [-0.15, -0.1) is 0 Å². The molecule has 1 saturated heterocycles. The molecule has 1 aliphatic rings. The van der Waals surface area contributed by atoms with Crippen LogP contribution in [0.25, 0.3) is 0 Å². The lowest BCUT2D eigenvalue weighted by atomic mass is 10.1. The molecule has 0 unspecified atom stereocenters. The van der Waals surface area contributed by atoms with Gasteiger partial charge in [-0.25, -0.2) is 14.4 Å². The molecule has 0 aliphatic carbocycles. The molecule has 4 rings (SSSR count). The average molecular weight is 422 g/mol. The van der Waals surface area contributed by atoms with E-state index in [2.05, 4.69) is 25.6 Å². The zero-order valence-corrected chi connectivity index (χ0v) is 17.1. The van der Waals surface area contributed by atoms with Crippen molar-refractivity contribution >= 4 is 23.4 Å². The maximum atomic E-state index is 13.3. The van der Waals surface area contributed by atoms with Gasteiger partial charge in [0.15, 0.2) is 0 Å². The first-order valence-electron chi connectivity index (χ1n) is 10.0. The molecule has 0 radical (unpaired) electrons. The van der Waals surface area contributed by atoms with Crippen molar-refractivity contribution in [2.75, 3.05) is 36.9 Å². The van der Waals surface area contributed by atoms with Crippen LogP contribution in [0.1, 0.15) is 28.9 Å². The number of anilines is 3. The number of aromatic nitrogens is 3. The second kappa shape index (κ2) is 9.48. The number of carbonyl (C=O) groups excluding carboxylic acids is 1. The van der Waals surface area contributed by atoms with Gasteiger partial charge in [-0.3, -0.25) is 9.78 Å². The van der Waals surface area contributed by atoms with E-state index in [0.29, 0.717) is 49.3 Å². The van der Waals surface area contributed by atoms with Gasteiger partial charge in [0, 0.05) is 37.1 Å². The third kappa shape index (κ3) is 5.32.